The van der Waals surface area contributed by atoms with Gasteiger partial charge in [-0.1, -0.05) is 53.8 Å². The number of fused-ring (bicyclic) bond motifs is 4. The summed E-state index contributed by atoms with van der Waals surface area (Å²) in [7, 11) is 0. The normalized spacial score (nSPS) is 15.3. The minimum atomic E-state index is -0.325. The molecule has 3 aromatic carbocycles. The van der Waals surface area contributed by atoms with Gasteiger partial charge in [-0.3, -0.25) is 9.59 Å². The fourth-order valence-corrected chi connectivity index (χ4v) is 5.17. The summed E-state index contributed by atoms with van der Waals surface area (Å²) in [6.45, 7) is 0.291. The van der Waals surface area contributed by atoms with Crippen LogP contribution in [0.2, 0.25) is 0 Å². The number of aromatic nitrogens is 2. The van der Waals surface area contributed by atoms with Crippen molar-refractivity contribution >= 4 is 44.5 Å². The van der Waals surface area contributed by atoms with Gasteiger partial charge < -0.3 is 4.90 Å². The summed E-state index contributed by atoms with van der Waals surface area (Å²) < 4.78 is 15.3. The number of nitrogens with zero attached hydrogens (tertiary/aromatic N) is 3. The highest BCUT2D eigenvalue weighted by molar-refractivity contribution is 7.15. The standard InChI is InChI=1S/C24H14FN3O2S/c25-15-11-9-14(10-12-15)13-27-18-7-3-1-5-16(18)20(22(27)29)21-23(30)28-19-8-4-2-6-17(19)26-24(28)31-21/h1-12H,13H2/b21-20+. The maximum Gasteiger partial charge on any atom is 0.275 e. The van der Waals surface area contributed by atoms with Crippen molar-refractivity contribution in [2.45, 2.75) is 6.54 Å². The molecule has 0 bridgehead atoms. The van der Waals surface area contributed by atoms with Gasteiger partial charge in [0.1, 0.15) is 10.3 Å². The number of carbonyl (C=O) groups is 1. The molecule has 0 N–H and O–H groups in total. The summed E-state index contributed by atoms with van der Waals surface area (Å²) in [4.78, 5) is 33.6. The number of para-hydroxylation sites is 3. The molecule has 0 spiro atoms. The van der Waals surface area contributed by atoms with Crippen LogP contribution >= 0.6 is 11.3 Å². The van der Waals surface area contributed by atoms with Crippen molar-refractivity contribution in [2.75, 3.05) is 4.90 Å². The van der Waals surface area contributed by atoms with Gasteiger partial charge in [-0.25, -0.2) is 13.8 Å². The molecule has 0 aliphatic carbocycles. The first-order valence-electron chi connectivity index (χ1n) is 9.72. The molecule has 0 unspecified atom stereocenters. The van der Waals surface area contributed by atoms with E-state index >= 15 is 0 Å². The third-order valence-electron chi connectivity index (χ3n) is 5.52. The van der Waals surface area contributed by atoms with Crippen molar-refractivity contribution in [2.24, 2.45) is 0 Å². The molecule has 2 aromatic heterocycles. The van der Waals surface area contributed by atoms with Crippen LogP contribution in [0.3, 0.4) is 0 Å². The van der Waals surface area contributed by atoms with Gasteiger partial charge in [0.2, 0.25) is 0 Å². The third-order valence-corrected chi connectivity index (χ3v) is 6.56. The number of thiazole rings is 1. The van der Waals surface area contributed by atoms with Crippen LogP contribution < -0.4 is 15.0 Å². The van der Waals surface area contributed by atoms with Crippen molar-refractivity contribution in [1.29, 1.82) is 0 Å². The highest BCUT2D eigenvalue weighted by atomic mass is 32.1. The fraction of sp³-hybridized carbons (Fsp3) is 0.0417. The summed E-state index contributed by atoms with van der Waals surface area (Å²) in [6, 6.07) is 21.0. The Hall–Kier alpha value is -3.84. The van der Waals surface area contributed by atoms with E-state index < -0.39 is 0 Å². The minimum Gasteiger partial charge on any atom is -0.303 e. The van der Waals surface area contributed by atoms with Crippen LogP contribution in [-0.4, -0.2) is 15.3 Å². The van der Waals surface area contributed by atoms with Gasteiger partial charge >= 0.3 is 0 Å². The molecule has 150 valence electrons. The van der Waals surface area contributed by atoms with E-state index in [-0.39, 0.29) is 17.3 Å². The molecule has 1 aliphatic heterocycles. The molecule has 3 heterocycles. The van der Waals surface area contributed by atoms with Gasteiger partial charge in [0, 0.05) is 5.56 Å². The van der Waals surface area contributed by atoms with Crippen LogP contribution in [0.25, 0.3) is 21.6 Å². The van der Waals surface area contributed by atoms with Crippen LogP contribution in [-0.2, 0) is 11.3 Å². The minimum absolute atomic E-state index is 0.239. The molecule has 1 aliphatic rings. The Morgan fingerprint density at radius 3 is 2.48 bits per heavy atom. The van der Waals surface area contributed by atoms with Crippen LogP contribution in [0, 0.1) is 5.82 Å². The molecular weight excluding hydrogens is 413 g/mol. The first-order valence-corrected chi connectivity index (χ1v) is 10.5. The zero-order chi connectivity index (χ0) is 21.1. The molecule has 0 atom stereocenters. The van der Waals surface area contributed by atoms with E-state index in [9.17, 15) is 14.0 Å². The van der Waals surface area contributed by atoms with E-state index in [0.29, 0.717) is 21.6 Å². The van der Waals surface area contributed by atoms with E-state index in [1.165, 1.54) is 23.5 Å². The fourth-order valence-electron chi connectivity index (χ4n) is 4.09. The Kier molecular flexibility index (Phi) is 3.82. The Morgan fingerprint density at radius 2 is 1.65 bits per heavy atom. The predicted molar refractivity (Wildman–Crippen MR) is 119 cm³/mol. The molecular formula is C24H14FN3O2S. The van der Waals surface area contributed by atoms with Crippen molar-refractivity contribution in [3.63, 3.8) is 0 Å². The first kappa shape index (κ1) is 18.0. The summed E-state index contributed by atoms with van der Waals surface area (Å²) in [5.41, 5.74) is 3.89. The van der Waals surface area contributed by atoms with Crippen LogP contribution in [0.1, 0.15) is 11.1 Å². The van der Waals surface area contributed by atoms with Gasteiger partial charge in [-0.15, -0.1) is 0 Å². The van der Waals surface area contributed by atoms with Crippen molar-refractivity contribution in [3.05, 3.63) is 105 Å². The second-order valence-corrected chi connectivity index (χ2v) is 8.34. The number of imidazole rings is 1. The molecule has 5 nitrogen and oxygen atoms in total. The second-order valence-electron chi connectivity index (χ2n) is 7.36. The van der Waals surface area contributed by atoms with E-state index in [0.717, 1.165) is 27.8 Å². The van der Waals surface area contributed by atoms with Crippen molar-refractivity contribution in [3.8, 4) is 0 Å². The Balaban J connectivity index is 1.58. The molecule has 0 fully saturated rings. The third kappa shape index (κ3) is 2.63. The average molecular weight is 427 g/mol. The first-order chi connectivity index (χ1) is 15.1. The van der Waals surface area contributed by atoms with Crippen LogP contribution in [0.5, 0.6) is 0 Å². The number of hydrogen-bond donors (Lipinski definition) is 0. The summed E-state index contributed by atoms with van der Waals surface area (Å²) >= 11 is 1.23. The molecule has 5 aromatic rings. The lowest BCUT2D eigenvalue weighted by Gasteiger charge is -2.17. The highest BCUT2D eigenvalue weighted by Crippen LogP contribution is 2.36. The van der Waals surface area contributed by atoms with Crippen molar-refractivity contribution < 1.29 is 9.18 Å². The van der Waals surface area contributed by atoms with Gasteiger partial charge in [0.25, 0.3) is 11.5 Å². The lowest BCUT2D eigenvalue weighted by Crippen LogP contribution is -2.31. The lowest BCUT2D eigenvalue weighted by atomic mass is 10.1. The maximum atomic E-state index is 13.5. The SMILES string of the molecule is O=C1/C(=c2/sc3nc4ccccc4n3c2=O)c2ccccc2N1Cc1ccc(F)cc1. The number of anilines is 1. The molecule has 31 heavy (non-hydrogen) atoms. The van der Waals surface area contributed by atoms with E-state index in [4.69, 9.17) is 0 Å². The van der Waals surface area contributed by atoms with Crippen LogP contribution in [0.4, 0.5) is 10.1 Å². The second kappa shape index (κ2) is 6.58. The Morgan fingerprint density at radius 1 is 0.903 bits per heavy atom. The van der Waals surface area contributed by atoms with Crippen molar-refractivity contribution in [1.82, 2.24) is 9.38 Å². The highest BCUT2D eigenvalue weighted by Gasteiger charge is 2.34. The van der Waals surface area contributed by atoms with Gasteiger partial charge in [-0.05, 0) is 35.9 Å². The molecule has 0 saturated carbocycles. The van der Waals surface area contributed by atoms with Gasteiger partial charge in [-0.2, -0.15) is 0 Å². The molecule has 0 saturated heterocycles. The number of amides is 1. The number of carbonyl (C=O) groups excluding carboxylic acids is 1. The number of halogens is 1. The van der Waals surface area contributed by atoms with Crippen LogP contribution in [0.15, 0.2) is 77.6 Å². The topological polar surface area (TPSA) is 54.7 Å². The molecule has 6 rings (SSSR count). The number of rotatable bonds is 2. The zero-order valence-corrected chi connectivity index (χ0v) is 16.9. The molecule has 0 radical (unpaired) electrons. The average Bonchev–Trinajstić information content (AvgIpc) is 3.39. The monoisotopic (exact) mass is 427 g/mol. The largest absolute Gasteiger partial charge is 0.303 e. The predicted octanol–water partition coefficient (Wildman–Crippen LogP) is 3.51. The summed E-state index contributed by atoms with van der Waals surface area (Å²) in [5, 5.41) is 0. The molecule has 1 amide bonds. The smallest absolute Gasteiger partial charge is 0.275 e. The van der Waals surface area contributed by atoms with E-state index in [1.807, 2.05) is 48.5 Å². The van der Waals surface area contributed by atoms with E-state index in [1.54, 1.807) is 21.4 Å². The molecule has 7 heteroatoms. The Bertz CT molecular complexity index is 1620. The summed E-state index contributed by atoms with van der Waals surface area (Å²) in [5.74, 6) is -0.564. The zero-order valence-electron chi connectivity index (χ0n) is 16.1. The summed E-state index contributed by atoms with van der Waals surface area (Å²) in [6.07, 6.45) is 0. The lowest BCUT2D eigenvalue weighted by molar-refractivity contribution is -0.113. The number of benzene rings is 3. The van der Waals surface area contributed by atoms with E-state index in [2.05, 4.69) is 4.98 Å². The van der Waals surface area contributed by atoms with Gasteiger partial charge in [0.15, 0.2) is 4.96 Å². The quantitative estimate of drug-likeness (QED) is 0.433. The number of hydrogen-bond acceptors (Lipinski definition) is 4. The Labute approximate surface area is 179 Å². The maximum absolute atomic E-state index is 13.5. The van der Waals surface area contributed by atoms with Gasteiger partial charge in [0.05, 0.1) is 28.8 Å².